The van der Waals surface area contributed by atoms with Crippen molar-refractivity contribution in [1.29, 1.82) is 0 Å². The third-order valence-corrected chi connectivity index (χ3v) is 6.07. The molecule has 0 saturated heterocycles. The van der Waals surface area contributed by atoms with E-state index in [4.69, 9.17) is 16.6 Å². The fraction of sp³-hybridized carbons (Fsp3) is 0.227. The lowest BCUT2D eigenvalue weighted by atomic mass is 10.0. The molecule has 1 aromatic heterocycles. The van der Waals surface area contributed by atoms with Crippen molar-refractivity contribution in [2.45, 2.75) is 19.6 Å². The molecular formula is C22H20BrClN5O3+. The quantitative estimate of drug-likeness (QED) is 0.221. The summed E-state index contributed by atoms with van der Waals surface area (Å²) < 4.78 is 3.13. The highest BCUT2D eigenvalue weighted by Crippen LogP contribution is 2.32. The maximum Gasteiger partial charge on any atom is 0.365 e. The Labute approximate surface area is 198 Å². The van der Waals surface area contributed by atoms with E-state index in [-0.39, 0.29) is 11.7 Å². The number of alkyl halides is 1. The smallest absolute Gasteiger partial charge is 0.358 e. The number of benzene rings is 2. The first-order chi connectivity index (χ1) is 15.3. The zero-order valence-electron chi connectivity index (χ0n) is 17.4. The molecule has 32 heavy (non-hydrogen) atoms. The first-order valence-corrected chi connectivity index (χ1v) is 11.4. The Kier molecular flexibility index (Phi) is 6.12. The minimum Gasteiger partial charge on any atom is -0.358 e. The van der Waals surface area contributed by atoms with E-state index in [1.165, 1.54) is 11.1 Å². The molecule has 0 radical (unpaired) electrons. The second-order valence-corrected chi connectivity index (χ2v) is 8.55. The van der Waals surface area contributed by atoms with Crippen molar-refractivity contribution in [2.24, 2.45) is 4.99 Å². The number of fused-ring (bicyclic) bond motifs is 1. The van der Waals surface area contributed by atoms with Crippen molar-refractivity contribution >= 4 is 50.7 Å². The predicted octanol–water partition coefficient (Wildman–Crippen LogP) is 4.05. The van der Waals surface area contributed by atoms with Crippen molar-refractivity contribution < 1.29 is 14.3 Å². The number of likely N-dealkylation sites (N-methyl/N-ethyl adjacent to an activating group) is 1. The van der Waals surface area contributed by atoms with Crippen LogP contribution in [-0.2, 0) is 11.3 Å². The van der Waals surface area contributed by atoms with Gasteiger partial charge in [0.25, 0.3) is 17.9 Å². The van der Waals surface area contributed by atoms with Crippen LogP contribution in [0.3, 0.4) is 0 Å². The van der Waals surface area contributed by atoms with E-state index in [1.807, 2.05) is 30.3 Å². The average Bonchev–Trinajstić information content (AvgIpc) is 3.05. The van der Waals surface area contributed by atoms with Crippen LogP contribution in [0.2, 0.25) is 5.02 Å². The Morgan fingerprint density at radius 1 is 1.25 bits per heavy atom. The highest BCUT2D eigenvalue weighted by molar-refractivity contribution is 9.09. The number of nitro groups is 1. The van der Waals surface area contributed by atoms with Gasteiger partial charge in [-0.05, 0) is 23.1 Å². The van der Waals surface area contributed by atoms with Crippen LogP contribution < -0.4 is 9.47 Å². The number of aromatic nitrogens is 2. The summed E-state index contributed by atoms with van der Waals surface area (Å²) in [5.41, 5.74) is 2.79. The van der Waals surface area contributed by atoms with Crippen LogP contribution in [0.1, 0.15) is 23.1 Å². The molecule has 8 nitrogen and oxygen atoms in total. The molecule has 2 heterocycles. The third kappa shape index (κ3) is 3.82. The molecule has 164 valence electrons. The number of imidazole rings is 1. The molecule has 3 aromatic rings. The molecule has 2 aromatic carbocycles. The van der Waals surface area contributed by atoms with Gasteiger partial charge in [0.2, 0.25) is 0 Å². The third-order valence-electron chi connectivity index (χ3n) is 5.48. The van der Waals surface area contributed by atoms with Gasteiger partial charge in [-0.1, -0.05) is 57.9 Å². The summed E-state index contributed by atoms with van der Waals surface area (Å²) in [6.07, 6.45) is 0.361. The second kappa shape index (κ2) is 8.84. The lowest BCUT2D eigenvalue weighted by Gasteiger charge is -2.19. The van der Waals surface area contributed by atoms with Gasteiger partial charge in [0.1, 0.15) is 6.54 Å². The zero-order chi connectivity index (χ0) is 23.0. The molecule has 0 bridgehead atoms. The molecule has 0 N–H and O–H groups in total. The van der Waals surface area contributed by atoms with E-state index < -0.39 is 11.1 Å². The molecule has 1 aliphatic heterocycles. The van der Waals surface area contributed by atoms with E-state index in [1.54, 1.807) is 41.3 Å². The topological polar surface area (TPSA) is 84.6 Å². The molecule has 1 atom stereocenters. The maximum absolute atomic E-state index is 13.5. The molecule has 1 amide bonds. The van der Waals surface area contributed by atoms with Crippen molar-refractivity contribution in [2.75, 3.05) is 17.3 Å². The summed E-state index contributed by atoms with van der Waals surface area (Å²) in [5, 5.41) is 12.7. The van der Waals surface area contributed by atoms with Gasteiger partial charge in [0.05, 0.1) is 11.4 Å². The molecule has 4 rings (SSSR count). The van der Waals surface area contributed by atoms with Gasteiger partial charge in [-0.2, -0.15) is 9.13 Å². The van der Waals surface area contributed by atoms with Crippen molar-refractivity contribution in [3.05, 3.63) is 86.8 Å². The van der Waals surface area contributed by atoms with Crippen LogP contribution in [0.5, 0.6) is 0 Å². The summed E-state index contributed by atoms with van der Waals surface area (Å²) in [7, 11) is 1.67. The number of halogens is 2. The van der Waals surface area contributed by atoms with Crippen LogP contribution in [0, 0.1) is 17.0 Å². The molecule has 1 unspecified atom stereocenters. The summed E-state index contributed by atoms with van der Waals surface area (Å²) in [5.74, 6) is 0.153. The first-order valence-electron chi connectivity index (χ1n) is 9.85. The minimum atomic E-state index is -1.02. The van der Waals surface area contributed by atoms with E-state index in [0.717, 1.165) is 11.1 Å². The number of hydrogen-bond donors (Lipinski definition) is 0. The van der Waals surface area contributed by atoms with E-state index in [9.17, 15) is 14.9 Å². The Balaban J connectivity index is 1.98. The fourth-order valence-electron chi connectivity index (χ4n) is 3.88. The van der Waals surface area contributed by atoms with Crippen LogP contribution in [0.15, 0.2) is 59.7 Å². The molecule has 0 fully saturated rings. The van der Waals surface area contributed by atoms with Crippen molar-refractivity contribution in [1.82, 2.24) is 4.57 Å². The second-order valence-electron chi connectivity index (χ2n) is 7.32. The lowest BCUT2D eigenvalue weighted by molar-refractivity contribution is -0.713. The van der Waals surface area contributed by atoms with Gasteiger partial charge in [0.15, 0.2) is 6.20 Å². The normalized spacial score (nSPS) is 15.9. The number of carbonyl (C=O) groups excluding carboxylic acids is 1. The molecular weight excluding hydrogens is 498 g/mol. The van der Waals surface area contributed by atoms with Crippen molar-refractivity contribution in [3.63, 3.8) is 0 Å². The number of carbonyl (C=O) groups is 1. The largest absolute Gasteiger partial charge is 0.365 e. The van der Waals surface area contributed by atoms with E-state index >= 15 is 0 Å². The standard InChI is InChI=1S/C22H20BrClN5O3/c1-14-27(11-10-23)19(29(31)32)13-28(14)21-22(30)26(2)18-9-8-16(24)12-17(18)20(25-21)15-6-4-3-5-7-15/h3-9,12-13,21H,10-11H2,1-2H3/q+1. The van der Waals surface area contributed by atoms with Gasteiger partial charge in [-0.3, -0.25) is 4.79 Å². The zero-order valence-corrected chi connectivity index (χ0v) is 19.7. The first kappa shape index (κ1) is 22.2. The number of hydrogen-bond acceptors (Lipinski definition) is 4. The van der Waals surface area contributed by atoms with E-state index in [0.29, 0.717) is 34.1 Å². The van der Waals surface area contributed by atoms with Gasteiger partial charge in [-0.25, -0.2) is 4.99 Å². The monoisotopic (exact) mass is 516 g/mol. The highest BCUT2D eigenvalue weighted by Gasteiger charge is 2.38. The average molecular weight is 518 g/mol. The summed E-state index contributed by atoms with van der Waals surface area (Å²) in [4.78, 5) is 31.1. The number of nitrogens with zero attached hydrogens (tertiary/aromatic N) is 5. The fourth-order valence-corrected chi connectivity index (χ4v) is 4.41. The van der Waals surface area contributed by atoms with Crippen LogP contribution >= 0.6 is 27.5 Å². The SMILES string of the molecule is Cc1n(CCBr)c([N+](=O)[O-])c[n+]1C1N=C(c2ccccc2)c2cc(Cl)ccc2N(C)C1=O. The van der Waals surface area contributed by atoms with Crippen LogP contribution in [0.4, 0.5) is 11.5 Å². The number of amides is 1. The van der Waals surface area contributed by atoms with Gasteiger partial charge in [-0.15, -0.1) is 0 Å². The summed E-state index contributed by atoms with van der Waals surface area (Å²) in [6.45, 7) is 2.13. The van der Waals surface area contributed by atoms with Crippen LogP contribution in [-0.4, -0.2) is 33.5 Å². The number of anilines is 1. The highest BCUT2D eigenvalue weighted by atomic mass is 79.9. The maximum atomic E-state index is 13.5. The Hall–Kier alpha value is -3.04. The van der Waals surface area contributed by atoms with Gasteiger partial charge >= 0.3 is 5.82 Å². The molecule has 1 aliphatic rings. The van der Waals surface area contributed by atoms with E-state index in [2.05, 4.69) is 15.9 Å². The number of rotatable bonds is 5. The molecule has 0 aliphatic carbocycles. The molecule has 10 heteroatoms. The van der Waals surface area contributed by atoms with Crippen molar-refractivity contribution in [3.8, 4) is 0 Å². The summed E-state index contributed by atoms with van der Waals surface area (Å²) >= 11 is 9.63. The predicted molar refractivity (Wildman–Crippen MR) is 126 cm³/mol. The number of aliphatic imine (C=N–C) groups is 1. The molecule has 0 saturated carbocycles. The van der Waals surface area contributed by atoms with Crippen LogP contribution in [0.25, 0.3) is 0 Å². The number of benzodiazepines with no additional fused rings is 1. The Morgan fingerprint density at radius 3 is 2.62 bits per heavy atom. The Morgan fingerprint density at radius 2 is 1.97 bits per heavy atom. The summed E-state index contributed by atoms with van der Waals surface area (Å²) in [6, 6.07) is 14.8. The Bertz CT molecular complexity index is 1240. The molecule has 0 spiro atoms. The minimum absolute atomic E-state index is 0.0985. The van der Waals surface area contributed by atoms with Gasteiger partial charge < -0.3 is 15.0 Å². The lowest BCUT2D eigenvalue weighted by Crippen LogP contribution is -2.49. The van der Waals surface area contributed by atoms with Gasteiger partial charge in [0, 0.05) is 35.5 Å².